The third kappa shape index (κ3) is 6.01. The Morgan fingerprint density at radius 2 is 1.82 bits per heavy atom. The summed E-state index contributed by atoms with van der Waals surface area (Å²) in [5.74, 6) is 2.04. The molecule has 2 aliphatic heterocycles. The van der Waals surface area contributed by atoms with Crippen molar-refractivity contribution in [3.8, 4) is 0 Å². The number of hydrogen-bond donors (Lipinski definition) is 2. The number of nitrogens with one attached hydrogen (secondary N) is 1. The monoisotopic (exact) mass is 573 g/mol. The average Bonchev–Trinajstić information content (AvgIpc) is 2.89. The van der Waals surface area contributed by atoms with Crippen molar-refractivity contribution in [1.29, 1.82) is 0 Å². The normalized spacial score (nSPS) is 27.2. The Bertz CT molecular complexity index is 1210. The van der Waals surface area contributed by atoms with E-state index in [-0.39, 0.29) is 6.04 Å². The summed E-state index contributed by atoms with van der Waals surface area (Å²) in [5.41, 5.74) is 2.38. The number of likely N-dealkylation sites (tertiary alicyclic amines) is 1. The molecule has 0 amide bonds. The number of aromatic nitrogens is 2. The molecule has 0 unspecified atom stereocenters. The summed E-state index contributed by atoms with van der Waals surface area (Å²) in [6.45, 7) is 12.0. The first-order valence-electron chi connectivity index (χ1n) is 14.3. The number of benzene rings is 1. The van der Waals surface area contributed by atoms with Crippen LogP contribution < -0.4 is 10.2 Å². The van der Waals surface area contributed by atoms with Crippen LogP contribution in [0, 0.1) is 31.1 Å². The molecular formula is C30H41Cl2N5O2. The Hall–Kier alpha value is -2.09. The average molecular weight is 575 g/mol. The van der Waals surface area contributed by atoms with Gasteiger partial charge in [0.25, 0.3) is 0 Å². The van der Waals surface area contributed by atoms with Gasteiger partial charge in [-0.2, -0.15) is 4.98 Å². The first-order chi connectivity index (χ1) is 18.5. The minimum absolute atomic E-state index is 0.0546. The third-order valence-corrected chi connectivity index (χ3v) is 10.1. The molecule has 9 heteroatoms. The van der Waals surface area contributed by atoms with Gasteiger partial charge in [-0.05, 0) is 108 Å². The number of rotatable bonds is 7. The molecule has 1 aliphatic carbocycles. The number of hydrogen-bond acceptors (Lipinski definition) is 6. The van der Waals surface area contributed by atoms with E-state index < -0.39 is 11.4 Å². The molecular weight excluding hydrogens is 533 g/mol. The van der Waals surface area contributed by atoms with Crippen LogP contribution in [0.25, 0.3) is 0 Å². The maximum absolute atomic E-state index is 11.5. The van der Waals surface area contributed by atoms with Gasteiger partial charge in [0, 0.05) is 24.2 Å². The summed E-state index contributed by atoms with van der Waals surface area (Å²) >= 11 is 13.2. The summed E-state index contributed by atoms with van der Waals surface area (Å²) < 4.78 is 0. The molecule has 1 saturated carbocycles. The molecule has 1 aromatic heterocycles. The topological polar surface area (TPSA) is 81.6 Å². The zero-order valence-electron chi connectivity index (χ0n) is 23.5. The number of anilines is 2. The van der Waals surface area contributed by atoms with Crippen molar-refractivity contribution >= 4 is 40.9 Å². The SMILES string of the molecule is Cc1ccc([C@@H](C)Nc2nc(N3CCC[C@@H](C4CCN([C@H]5C[C@](C)(C(=O)O)C5)CC4)C3)nc(C)c2Cl)c(Cl)c1. The van der Waals surface area contributed by atoms with Crippen LogP contribution in [0.1, 0.15) is 75.2 Å². The lowest BCUT2D eigenvalue weighted by Crippen LogP contribution is -2.55. The molecule has 1 aromatic carbocycles. The van der Waals surface area contributed by atoms with E-state index in [1.165, 1.54) is 19.3 Å². The van der Waals surface area contributed by atoms with Gasteiger partial charge in [0.1, 0.15) is 5.02 Å². The van der Waals surface area contributed by atoms with Gasteiger partial charge < -0.3 is 20.2 Å². The molecule has 0 radical (unpaired) electrons. The molecule has 2 aromatic rings. The van der Waals surface area contributed by atoms with Crippen LogP contribution in [-0.2, 0) is 4.79 Å². The van der Waals surface area contributed by atoms with Crippen molar-refractivity contribution < 1.29 is 9.90 Å². The maximum Gasteiger partial charge on any atom is 0.309 e. The fraction of sp³-hybridized carbons (Fsp3) is 0.633. The Kier molecular flexibility index (Phi) is 8.33. The summed E-state index contributed by atoms with van der Waals surface area (Å²) in [6, 6.07) is 6.47. The van der Waals surface area contributed by atoms with E-state index in [0.29, 0.717) is 28.7 Å². The van der Waals surface area contributed by atoms with Crippen LogP contribution in [0.2, 0.25) is 10.0 Å². The van der Waals surface area contributed by atoms with Crippen LogP contribution in [0.3, 0.4) is 0 Å². The van der Waals surface area contributed by atoms with Gasteiger partial charge in [0.2, 0.25) is 5.95 Å². The van der Waals surface area contributed by atoms with Gasteiger partial charge in [-0.15, -0.1) is 0 Å². The molecule has 2 N–H and O–H groups in total. The quantitative estimate of drug-likeness (QED) is 0.378. The molecule has 3 fully saturated rings. The molecule has 3 heterocycles. The Morgan fingerprint density at radius 1 is 1.10 bits per heavy atom. The number of carboxylic acid groups (broad SMARTS) is 1. The van der Waals surface area contributed by atoms with E-state index in [1.54, 1.807) is 0 Å². The van der Waals surface area contributed by atoms with Crippen LogP contribution >= 0.6 is 23.2 Å². The zero-order chi connectivity index (χ0) is 27.9. The van der Waals surface area contributed by atoms with E-state index in [9.17, 15) is 9.90 Å². The minimum Gasteiger partial charge on any atom is -0.481 e. The molecule has 212 valence electrons. The van der Waals surface area contributed by atoms with Crippen molar-refractivity contribution in [3.05, 3.63) is 45.1 Å². The lowest BCUT2D eigenvalue weighted by atomic mass is 9.65. The predicted molar refractivity (Wildman–Crippen MR) is 158 cm³/mol. The minimum atomic E-state index is -0.651. The van der Waals surface area contributed by atoms with E-state index >= 15 is 0 Å². The van der Waals surface area contributed by atoms with E-state index in [0.717, 1.165) is 73.2 Å². The largest absolute Gasteiger partial charge is 0.481 e. The molecule has 0 spiro atoms. The van der Waals surface area contributed by atoms with Crippen molar-refractivity contribution in [3.63, 3.8) is 0 Å². The number of carbonyl (C=O) groups is 1. The van der Waals surface area contributed by atoms with E-state index in [4.69, 9.17) is 33.2 Å². The predicted octanol–water partition coefficient (Wildman–Crippen LogP) is 6.76. The van der Waals surface area contributed by atoms with Crippen LogP contribution in [0.15, 0.2) is 18.2 Å². The number of aliphatic carboxylic acids is 1. The second-order valence-corrected chi connectivity index (χ2v) is 13.1. The number of carboxylic acids is 1. The smallest absolute Gasteiger partial charge is 0.309 e. The van der Waals surface area contributed by atoms with Gasteiger partial charge in [0.15, 0.2) is 5.82 Å². The zero-order valence-corrected chi connectivity index (χ0v) is 25.0. The van der Waals surface area contributed by atoms with Gasteiger partial charge >= 0.3 is 5.97 Å². The van der Waals surface area contributed by atoms with Gasteiger partial charge in [-0.25, -0.2) is 4.98 Å². The molecule has 2 saturated heterocycles. The van der Waals surface area contributed by atoms with Crippen LogP contribution in [0.4, 0.5) is 11.8 Å². The summed E-state index contributed by atoms with van der Waals surface area (Å²) in [7, 11) is 0. The third-order valence-electron chi connectivity index (χ3n) is 9.37. The Labute approximate surface area is 242 Å². The van der Waals surface area contributed by atoms with E-state index in [2.05, 4.69) is 34.2 Å². The highest BCUT2D eigenvalue weighted by atomic mass is 35.5. The highest BCUT2D eigenvalue weighted by Gasteiger charge is 2.49. The highest BCUT2D eigenvalue weighted by Crippen LogP contribution is 2.45. The van der Waals surface area contributed by atoms with Crippen molar-refractivity contribution in [1.82, 2.24) is 14.9 Å². The summed E-state index contributed by atoms with van der Waals surface area (Å²) in [5, 5.41) is 14.2. The first-order valence-corrected chi connectivity index (χ1v) is 15.1. The van der Waals surface area contributed by atoms with Crippen molar-refractivity contribution in [2.75, 3.05) is 36.4 Å². The van der Waals surface area contributed by atoms with Crippen LogP contribution in [0.5, 0.6) is 0 Å². The van der Waals surface area contributed by atoms with Gasteiger partial charge in [-0.1, -0.05) is 35.3 Å². The van der Waals surface area contributed by atoms with Crippen molar-refractivity contribution in [2.45, 2.75) is 78.3 Å². The van der Waals surface area contributed by atoms with Gasteiger partial charge in [0.05, 0.1) is 17.2 Å². The Balaban J connectivity index is 1.21. The molecule has 5 rings (SSSR count). The molecule has 7 nitrogen and oxygen atoms in total. The lowest BCUT2D eigenvalue weighted by molar-refractivity contribution is -0.158. The fourth-order valence-corrected chi connectivity index (χ4v) is 7.33. The fourth-order valence-electron chi connectivity index (χ4n) is 6.79. The second kappa shape index (κ2) is 11.4. The van der Waals surface area contributed by atoms with Crippen LogP contribution in [-0.4, -0.2) is 58.2 Å². The first kappa shape index (κ1) is 28.4. The lowest BCUT2D eigenvalue weighted by Gasteiger charge is -2.50. The molecule has 2 atom stereocenters. The number of halogens is 2. The second-order valence-electron chi connectivity index (χ2n) is 12.3. The molecule has 3 aliphatic rings. The van der Waals surface area contributed by atoms with E-state index in [1.807, 2.05) is 26.8 Å². The van der Waals surface area contributed by atoms with Crippen molar-refractivity contribution in [2.24, 2.45) is 17.3 Å². The molecule has 0 bridgehead atoms. The number of aryl methyl sites for hydroxylation is 2. The standard InChI is InChI=1S/C30H41Cl2N5O2/c1-18-7-8-24(25(31)14-18)19(2)33-27-26(32)20(3)34-29(35-27)37-11-5-6-22(17-37)21-9-12-36(13-10-21)23-15-30(4,16-23)28(38)39/h7-8,14,19,21-23H,5-6,9-13,15-17H2,1-4H3,(H,38,39)(H,33,34,35)/t19-,22-,23-,30-/m1/s1. The highest BCUT2D eigenvalue weighted by molar-refractivity contribution is 6.33. The number of nitrogens with zero attached hydrogens (tertiary/aromatic N) is 4. The Morgan fingerprint density at radius 3 is 2.49 bits per heavy atom. The summed E-state index contributed by atoms with van der Waals surface area (Å²) in [4.78, 5) is 26.1. The maximum atomic E-state index is 11.5. The van der Waals surface area contributed by atoms with Gasteiger partial charge in [-0.3, -0.25) is 4.79 Å². The number of piperidine rings is 2. The molecule has 39 heavy (non-hydrogen) atoms. The summed E-state index contributed by atoms with van der Waals surface area (Å²) in [6.07, 6.45) is 6.29.